The van der Waals surface area contributed by atoms with E-state index >= 15 is 0 Å². The number of aryl methyl sites for hydroxylation is 1. The largest absolute Gasteiger partial charge is 0.496 e. The van der Waals surface area contributed by atoms with Crippen LogP contribution in [0.3, 0.4) is 0 Å². The molecule has 9 heteroatoms. The van der Waals surface area contributed by atoms with E-state index < -0.39 is 15.9 Å². The van der Waals surface area contributed by atoms with Crippen molar-refractivity contribution in [1.29, 1.82) is 0 Å². The van der Waals surface area contributed by atoms with Gasteiger partial charge < -0.3 is 9.64 Å². The van der Waals surface area contributed by atoms with Crippen LogP contribution in [0, 0.1) is 13.8 Å². The van der Waals surface area contributed by atoms with E-state index in [-0.39, 0.29) is 22.0 Å². The zero-order valence-electron chi connectivity index (χ0n) is 18.2. The van der Waals surface area contributed by atoms with Gasteiger partial charge in [-0.25, -0.2) is 8.42 Å². The first-order valence-electron chi connectivity index (χ1n) is 9.62. The van der Waals surface area contributed by atoms with Gasteiger partial charge in [0.05, 0.1) is 34.8 Å². The predicted molar refractivity (Wildman–Crippen MR) is 118 cm³/mol. The second-order valence-electron chi connectivity index (χ2n) is 6.94. The standard InChI is InChI=1S/C21H28ClN3O4S/c1-7-25(8-2)30(27,28)16-9-10-18(22)17(11-16)21(26)24(5)13-19-15(4)20(29-6)14(3)12-23-19/h9-12H,7-8,13H2,1-6H3. The van der Waals surface area contributed by atoms with Gasteiger partial charge in [0, 0.05) is 37.5 Å². The molecule has 0 aliphatic rings. The molecular weight excluding hydrogens is 426 g/mol. The average Bonchev–Trinajstić information content (AvgIpc) is 2.70. The van der Waals surface area contributed by atoms with Crippen LogP contribution in [-0.2, 0) is 16.6 Å². The van der Waals surface area contributed by atoms with E-state index in [0.29, 0.717) is 18.8 Å². The molecule has 1 heterocycles. The molecule has 0 saturated carbocycles. The van der Waals surface area contributed by atoms with Crippen LogP contribution < -0.4 is 4.74 Å². The van der Waals surface area contributed by atoms with Crippen molar-refractivity contribution >= 4 is 27.5 Å². The van der Waals surface area contributed by atoms with Crippen molar-refractivity contribution in [1.82, 2.24) is 14.2 Å². The third-order valence-electron chi connectivity index (χ3n) is 4.99. The fourth-order valence-corrected chi connectivity index (χ4v) is 4.96. The summed E-state index contributed by atoms with van der Waals surface area (Å²) in [5, 5.41) is 0.191. The highest BCUT2D eigenvalue weighted by atomic mass is 35.5. The Morgan fingerprint density at radius 2 is 1.83 bits per heavy atom. The quantitative estimate of drug-likeness (QED) is 0.609. The van der Waals surface area contributed by atoms with Crippen molar-refractivity contribution in [3.8, 4) is 5.75 Å². The minimum Gasteiger partial charge on any atom is -0.496 e. The fourth-order valence-electron chi connectivity index (χ4n) is 3.27. The summed E-state index contributed by atoms with van der Waals surface area (Å²) in [6, 6.07) is 4.20. The minimum absolute atomic E-state index is 0.0404. The molecule has 1 amide bonds. The predicted octanol–water partition coefficient (Wildman–Crippen LogP) is 3.66. The van der Waals surface area contributed by atoms with Crippen LogP contribution in [0.1, 0.15) is 41.0 Å². The molecule has 7 nitrogen and oxygen atoms in total. The zero-order valence-corrected chi connectivity index (χ0v) is 19.8. The van der Waals surface area contributed by atoms with Gasteiger partial charge in [0.15, 0.2) is 0 Å². The van der Waals surface area contributed by atoms with E-state index in [1.165, 1.54) is 27.4 Å². The van der Waals surface area contributed by atoms with E-state index in [2.05, 4.69) is 4.98 Å². The molecule has 164 valence electrons. The number of methoxy groups -OCH3 is 1. The van der Waals surface area contributed by atoms with Gasteiger partial charge in [-0.05, 0) is 32.0 Å². The van der Waals surface area contributed by atoms with Crippen LogP contribution in [0.2, 0.25) is 5.02 Å². The molecule has 0 atom stereocenters. The summed E-state index contributed by atoms with van der Waals surface area (Å²) < 4.78 is 32.4. The first kappa shape index (κ1) is 24.1. The van der Waals surface area contributed by atoms with Gasteiger partial charge in [-0.1, -0.05) is 25.4 Å². The van der Waals surface area contributed by atoms with Crippen molar-refractivity contribution in [3.63, 3.8) is 0 Å². The monoisotopic (exact) mass is 453 g/mol. The lowest BCUT2D eigenvalue weighted by atomic mass is 10.1. The lowest BCUT2D eigenvalue weighted by Crippen LogP contribution is -2.31. The van der Waals surface area contributed by atoms with Crippen molar-refractivity contribution in [3.05, 3.63) is 51.8 Å². The molecule has 1 aromatic carbocycles. The molecule has 0 aliphatic carbocycles. The summed E-state index contributed by atoms with van der Waals surface area (Å²) in [5.74, 6) is 0.337. The van der Waals surface area contributed by atoms with E-state index in [9.17, 15) is 13.2 Å². The summed E-state index contributed by atoms with van der Waals surface area (Å²) >= 11 is 6.24. The van der Waals surface area contributed by atoms with Gasteiger partial charge in [0.1, 0.15) is 5.75 Å². The Bertz CT molecular complexity index is 1040. The number of hydrogen-bond donors (Lipinski definition) is 0. The maximum absolute atomic E-state index is 13.1. The normalized spacial score (nSPS) is 11.6. The van der Waals surface area contributed by atoms with Gasteiger partial charge in [0.2, 0.25) is 10.0 Å². The smallest absolute Gasteiger partial charge is 0.255 e. The molecule has 0 spiro atoms. The van der Waals surface area contributed by atoms with E-state index in [4.69, 9.17) is 16.3 Å². The Kier molecular flexibility index (Phi) is 7.85. The summed E-state index contributed by atoms with van der Waals surface area (Å²) in [6.45, 7) is 8.22. The number of amides is 1. The van der Waals surface area contributed by atoms with Crippen molar-refractivity contribution in [2.75, 3.05) is 27.2 Å². The second kappa shape index (κ2) is 9.76. The van der Waals surface area contributed by atoms with Crippen LogP contribution in [0.4, 0.5) is 0 Å². The molecule has 0 radical (unpaired) electrons. The van der Waals surface area contributed by atoms with Crippen LogP contribution >= 0.6 is 11.6 Å². The Hall–Kier alpha value is -2.16. The number of rotatable bonds is 8. The molecule has 0 aliphatic heterocycles. The summed E-state index contributed by atoms with van der Waals surface area (Å²) in [7, 11) is -0.488. The number of hydrogen-bond acceptors (Lipinski definition) is 5. The summed E-state index contributed by atoms with van der Waals surface area (Å²) in [6.07, 6.45) is 1.70. The number of nitrogens with zero attached hydrogens (tertiary/aromatic N) is 3. The second-order valence-corrected chi connectivity index (χ2v) is 9.28. The Morgan fingerprint density at radius 1 is 1.20 bits per heavy atom. The van der Waals surface area contributed by atoms with Gasteiger partial charge in [-0.15, -0.1) is 0 Å². The molecule has 30 heavy (non-hydrogen) atoms. The number of ether oxygens (including phenoxy) is 1. The SMILES string of the molecule is CCN(CC)S(=O)(=O)c1ccc(Cl)c(C(=O)N(C)Cc2ncc(C)c(OC)c2C)c1. The lowest BCUT2D eigenvalue weighted by molar-refractivity contribution is 0.0783. The summed E-state index contributed by atoms with van der Waals surface area (Å²) in [5.41, 5.74) is 2.58. The number of benzene rings is 1. The maximum atomic E-state index is 13.1. The Morgan fingerprint density at radius 3 is 2.40 bits per heavy atom. The number of carbonyl (C=O) groups is 1. The highest BCUT2D eigenvalue weighted by Crippen LogP contribution is 2.27. The average molecular weight is 454 g/mol. The van der Waals surface area contributed by atoms with Crippen molar-refractivity contribution in [2.45, 2.75) is 39.1 Å². The Balaban J connectivity index is 2.37. The lowest BCUT2D eigenvalue weighted by Gasteiger charge is -2.21. The molecular formula is C21H28ClN3O4S. The van der Waals surface area contributed by atoms with E-state index in [1.807, 2.05) is 13.8 Å². The molecule has 0 unspecified atom stereocenters. The van der Waals surface area contributed by atoms with Crippen molar-refractivity contribution < 1.29 is 17.9 Å². The van der Waals surface area contributed by atoms with Crippen molar-refractivity contribution in [2.24, 2.45) is 0 Å². The number of aromatic nitrogens is 1. The fraction of sp³-hybridized carbons (Fsp3) is 0.429. The van der Waals surface area contributed by atoms with Crippen LogP contribution in [0.15, 0.2) is 29.3 Å². The minimum atomic E-state index is -3.70. The van der Waals surface area contributed by atoms with Crippen LogP contribution in [0.25, 0.3) is 0 Å². The van der Waals surface area contributed by atoms with Gasteiger partial charge in [0.25, 0.3) is 5.91 Å². The topological polar surface area (TPSA) is 79.8 Å². The molecule has 0 fully saturated rings. The van der Waals surface area contributed by atoms with Gasteiger partial charge in [-0.2, -0.15) is 4.31 Å². The van der Waals surface area contributed by atoms with Crippen LogP contribution in [0.5, 0.6) is 5.75 Å². The van der Waals surface area contributed by atoms with E-state index in [0.717, 1.165) is 16.9 Å². The third kappa shape index (κ3) is 4.77. The highest BCUT2D eigenvalue weighted by molar-refractivity contribution is 7.89. The molecule has 0 bridgehead atoms. The van der Waals surface area contributed by atoms with E-state index in [1.54, 1.807) is 34.2 Å². The highest BCUT2D eigenvalue weighted by Gasteiger charge is 2.25. The van der Waals surface area contributed by atoms with Crippen LogP contribution in [-0.4, -0.2) is 55.8 Å². The number of carbonyl (C=O) groups excluding carboxylic acids is 1. The third-order valence-corrected chi connectivity index (χ3v) is 7.37. The Labute approximate surface area is 183 Å². The zero-order chi connectivity index (χ0) is 22.6. The molecule has 2 rings (SSSR count). The first-order chi connectivity index (χ1) is 14.1. The van der Waals surface area contributed by atoms with Gasteiger partial charge in [-0.3, -0.25) is 9.78 Å². The number of halogens is 1. The summed E-state index contributed by atoms with van der Waals surface area (Å²) in [4.78, 5) is 19.0. The van der Waals surface area contributed by atoms with Gasteiger partial charge >= 0.3 is 0 Å². The molecule has 0 saturated heterocycles. The first-order valence-corrected chi connectivity index (χ1v) is 11.4. The molecule has 2 aromatic rings. The number of sulfonamides is 1. The maximum Gasteiger partial charge on any atom is 0.255 e. The number of pyridine rings is 1. The molecule has 1 aromatic heterocycles. The molecule has 0 N–H and O–H groups in total.